The van der Waals surface area contributed by atoms with Gasteiger partial charge in [0.05, 0.1) is 12.1 Å². The van der Waals surface area contributed by atoms with Crippen LogP contribution in [0.2, 0.25) is 0 Å². The zero-order valence-corrected chi connectivity index (χ0v) is 17.6. The van der Waals surface area contributed by atoms with Crippen LogP contribution in [0.5, 0.6) is 5.75 Å². The van der Waals surface area contributed by atoms with E-state index >= 15 is 0 Å². The van der Waals surface area contributed by atoms with Crippen LogP contribution in [0, 0.1) is 5.41 Å². The van der Waals surface area contributed by atoms with Gasteiger partial charge in [0.1, 0.15) is 36.7 Å². The topological polar surface area (TPSA) is 76.2 Å². The summed E-state index contributed by atoms with van der Waals surface area (Å²) in [6.07, 6.45) is -1.64. The second kappa shape index (κ2) is 7.63. The molecule has 0 bridgehead atoms. The molecule has 0 aliphatic carbocycles. The fourth-order valence-electron chi connectivity index (χ4n) is 3.79. The molecule has 0 radical (unpaired) electrons. The van der Waals surface area contributed by atoms with Gasteiger partial charge in [0, 0.05) is 24.8 Å². The predicted molar refractivity (Wildman–Crippen MR) is 109 cm³/mol. The van der Waals surface area contributed by atoms with Gasteiger partial charge in [-0.1, -0.05) is 19.9 Å². The number of halogens is 3. The van der Waals surface area contributed by atoms with Crippen LogP contribution < -0.4 is 10.2 Å². The molecule has 0 atom stereocenters. The average molecular weight is 447 g/mol. The summed E-state index contributed by atoms with van der Waals surface area (Å²) in [5.74, 6) is 1.27. The van der Waals surface area contributed by atoms with Crippen LogP contribution in [0.4, 0.5) is 13.2 Å². The molecular formula is C20H21BF3N5O3. The minimum absolute atomic E-state index is 0.0352. The van der Waals surface area contributed by atoms with Gasteiger partial charge in [0.2, 0.25) is 0 Å². The van der Waals surface area contributed by atoms with Gasteiger partial charge >= 0.3 is 13.3 Å². The first-order valence-corrected chi connectivity index (χ1v) is 10.2. The van der Waals surface area contributed by atoms with Gasteiger partial charge in [-0.2, -0.15) is 18.3 Å². The van der Waals surface area contributed by atoms with E-state index in [1.54, 1.807) is 6.20 Å². The zero-order valence-electron chi connectivity index (χ0n) is 17.6. The van der Waals surface area contributed by atoms with Gasteiger partial charge in [-0.3, -0.25) is 0 Å². The molecule has 2 aromatic heterocycles. The minimum Gasteiger partial charge on any atom is -0.491 e. The van der Waals surface area contributed by atoms with Gasteiger partial charge < -0.3 is 18.6 Å². The van der Waals surface area contributed by atoms with Crippen molar-refractivity contribution in [2.24, 2.45) is 5.41 Å². The van der Waals surface area contributed by atoms with Crippen molar-refractivity contribution >= 4 is 12.6 Å². The Labute approximate surface area is 182 Å². The van der Waals surface area contributed by atoms with Crippen LogP contribution in [-0.4, -0.2) is 57.4 Å². The van der Waals surface area contributed by atoms with Crippen molar-refractivity contribution in [3.63, 3.8) is 0 Å². The Morgan fingerprint density at radius 3 is 2.69 bits per heavy atom. The van der Waals surface area contributed by atoms with Crippen molar-refractivity contribution in [3.8, 4) is 28.7 Å². The Morgan fingerprint density at radius 2 is 1.94 bits per heavy atom. The highest BCUT2D eigenvalue weighted by Crippen LogP contribution is 2.33. The summed E-state index contributed by atoms with van der Waals surface area (Å²) < 4.78 is 58.9. The Hall–Kier alpha value is -2.86. The van der Waals surface area contributed by atoms with E-state index in [2.05, 4.69) is 28.9 Å². The third-order valence-corrected chi connectivity index (χ3v) is 5.31. The molecular weight excluding hydrogens is 426 g/mol. The van der Waals surface area contributed by atoms with E-state index in [0.717, 1.165) is 22.0 Å². The molecule has 0 amide bonds. The predicted octanol–water partition coefficient (Wildman–Crippen LogP) is 2.53. The summed E-state index contributed by atoms with van der Waals surface area (Å²) in [5, 5.41) is 3.70. The number of fused-ring (bicyclic) bond motifs is 3. The van der Waals surface area contributed by atoms with Crippen molar-refractivity contribution < 1.29 is 27.2 Å². The standard InChI is InChI=1S/C20H21BF3N5O3/c1-19(2)10-31-21(32-11-19)13-3-4-14-16(7-13)30-6-5-28-8-15(27-17(14)28)18-25-12-26-29(18)9-20(22,23)24/h3-4,7-8,12H,5-6,9-11H2,1-2H3. The number of rotatable bonds is 3. The molecule has 2 aliphatic heterocycles. The summed E-state index contributed by atoms with van der Waals surface area (Å²) in [4.78, 5) is 8.57. The molecule has 0 unspecified atom stereocenters. The Bertz CT molecular complexity index is 1130. The molecule has 32 heavy (non-hydrogen) atoms. The normalized spacial score (nSPS) is 18.0. The lowest BCUT2D eigenvalue weighted by atomic mass is 9.75. The number of aromatic nitrogens is 5. The molecule has 3 aromatic rings. The quantitative estimate of drug-likeness (QED) is 0.575. The minimum atomic E-state index is -4.41. The molecule has 1 fully saturated rings. The Kier molecular flexibility index (Phi) is 5.01. The maximum absolute atomic E-state index is 12.9. The Balaban J connectivity index is 1.46. The Morgan fingerprint density at radius 1 is 1.16 bits per heavy atom. The smallest absolute Gasteiger partial charge is 0.491 e. The third kappa shape index (κ3) is 4.12. The van der Waals surface area contributed by atoms with E-state index in [-0.39, 0.29) is 11.2 Å². The maximum atomic E-state index is 12.9. The van der Waals surface area contributed by atoms with Crippen LogP contribution in [0.3, 0.4) is 0 Å². The van der Waals surface area contributed by atoms with E-state index in [0.29, 0.717) is 43.6 Å². The molecule has 1 aromatic carbocycles. The number of ether oxygens (including phenoxy) is 1. The van der Waals surface area contributed by atoms with Crippen molar-refractivity contribution in [1.29, 1.82) is 0 Å². The van der Waals surface area contributed by atoms with Gasteiger partial charge in [0.15, 0.2) is 5.82 Å². The van der Waals surface area contributed by atoms with Crippen molar-refractivity contribution in [3.05, 3.63) is 30.7 Å². The third-order valence-electron chi connectivity index (χ3n) is 5.31. The molecule has 12 heteroatoms. The molecule has 168 valence electrons. The number of nitrogens with zero attached hydrogens (tertiary/aromatic N) is 5. The van der Waals surface area contributed by atoms with Crippen molar-refractivity contribution in [2.45, 2.75) is 33.1 Å². The van der Waals surface area contributed by atoms with Gasteiger partial charge in [-0.15, -0.1) is 0 Å². The lowest BCUT2D eigenvalue weighted by Crippen LogP contribution is -2.47. The first kappa shape index (κ1) is 21.0. The molecule has 0 spiro atoms. The summed E-state index contributed by atoms with van der Waals surface area (Å²) in [7, 11) is -0.476. The molecule has 2 aliphatic rings. The molecule has 4 heterocycles. The largest absolute Gasteiger partial charge is 0.494 e. The fourth-order valence-corrected chi connectivity index (χ4v) is 3.79. The highest BCUT2D eigenvalue weighted by molar-refractivity contribution is 6.61. The second-order valence-electron chi connectivity index (χ2n) is 8.72. The fraction of sp³-hybridized carbons (Fsp3) is 0.450. The number of imidazole rings is 1. The highest BCUT2D eigenvalue weighted by Gasteiger charge is 2.34. The monoisotopic (exact) mass is 447 g/mol. The lowest BCUT2D eigenvalue weighted by Gasteiger charge is -2.33. The lowest BCUT2D eigenvalue weighted by molar-refractivity contribution is -0.142. The van der Waals surface area contributed by atoms with Crippen molar-refractivity contribution in [2.75, 3.05) is 19.8 Å². The molecule has 0 N–H and O–H groups in total. The van der Waals surface area contributed by atoms with Gasteiger partial charge in [-0.05, 0) is 17.6 Å². The first-order chi connectivity index (χ1) is 15.2. The molecule has 1 saturated heterocycles. The molecule has 5 rings (SSSR count). The number of hydrogen-bond donors (Lipinski definition) is 0. The van der Waals surface area contributed by atoms with E-state index in [4.69, 9.17) is 14.0 Å². The second-order valence-corrected chi connectivity index (χ2v) is 8.72. The SMILES string of the molecule is CC1(C)COB(c2ccc3c(c2)OCCn2cc(-c4ncnn4CC(F)(F)F)nc2-3)OC1. The van der Waals surface area contributed by atoms with Gasteiger partial charge in [0.25, 0.3) is 0 Å². The van der Waals surface area contributed by atoms with E-state index in [1.807, 2.05) is 22.8 Å². The first-order valence-electron chi connectivity index (χ1n) is 10.2. The van der Waals surface area contributed by atoms with Crippen LogP contribution in [0.15, 0.2) is 30.7 Å². The summed E-state index contributed by atoms with van der Waals surface area (Å²) in [5.41, 5.74) is 1.85. The molecule has 8 nitrogen and oxygen atoms in total. The summed E-state index contributed by atoms with van der Waals surface area (Å²) >= 11 is 0. The van der Waals surface area contributed by atoms with Crippen LogP contribution in [-0.2, 0) is 22.4 Å². The highest BCUT2D eigenvalue weighted by atomic mass is 19.4. The number of hydrogen-bond acceptors (Lipinski definition) is 6. The van der Waals surface area contributed by atoms with E-state index < -0.39 is 19.8 Å². The van der Waals surface area contributed by atoms with Crippen molar-refractivity contribution in [1.82, 2.24) is 24.3 Å². The van der Waals surface area contributed by atoms with Crippen LogP contribution in [0.1, 0.15) is 13.8 Å². The number of benzene rings is 1. The average Bonchev–Trinajstić information content (AvgIpc) is 3.30. The maximum Gasteiger partial charge on any atom is 0.494 e. The summed E-state index contributed by atoms with van der Waals surface area (Å²) in [6.45, 7) is 4.97. The van der Waals surface area contributed by atoms with E-state index in [1.165, 1.54) is 0 Å². The van der Waals surface area contributed by atoms with E-state index in [9.17, 15) is 13.2 Å². The summed E-state index contributed by atoms with van der Waals surface area (Å²) in [6, 6.07) is 5.63. The molecule has 0 saturated carbocycles. The number of alkyl halides is 3. The van der Waals surface area contributed by atoms with Crippen LogP contribution >= 0.6 is 0 Å². The van der Waals surface area contributed by atoms with Crippen LogP contribution in [0.25, 0.3) is 22.9 Å². The van der Waals surface area contributed by atoms with Gasteiger partial charge in [-0.25, -0.2) is 14.6 Å². The zero-order chi connectivity index (χ0) is 22.5.